The van der Waals surface area contributed by atoms with Gasteiger partial charge in [0.05, 0.1) is 0 Å². The predicted molar refractivity (Wildman–Crippen MR) is 200 cm³/mol. The van der Waals surface area contributed by atoms with Crippen LogP contribution in [-0.2, 0) is 0 Å². The lowest BCUT2D eigenvalue weighted by Crippen LogP contribution is -2.01. The Morgan fingerprint density at radius 2 is 0.939 bits per heavy atom. The number of aromatic nitrogens is 3. The third-order valence-corrected chi connectivity index (χ3v) is 10.0. The van der Waals surface area contributed by atoms with Gasteiger partial charge in [-0.05, 0) is 78.8 Å². The SMILES string of the molecule is c1ccc(-c2nc(-c3cc4ccccc4c4ccccc34)nc(-c3cccc4oc5cc6c(cc5c34)-c3cccc4cccc-6c34)n2)cc1. The minimum absolute atomic E-state index is 0.611. The molecule has 226 valence electrons. The smallest absolute Gasteiger partial charge is 0.164 e. The number of benzene rings is 8. The number of hydrogen-bond acceptors (Lipinski definition) is 4. The highest BCUT2D eigenvalue weighted by Gasteiger charge is 2.25. The van der Waals surface area contributed by atoms with Crippen LogP contribution in [0.3, 0.4) is 0 Å². The first-order valence-electron chi connectivity index (χ1n) is 16.5. The largest absolute Gasteiger partial charge is 0.456 e. The van der Waals surface area contributed by atoms with E-state index in [-0.39, 0.29) is 0 Å². The highest BCUT2D eigenvalue weighted by molar-refractivity contribution is 6.21. The van der Waals surface area contributed by atoms with Crippen molar-refractivity contribution in [3.63, 3.8) is 0 Å². The van der Waals surface area contributed by atoms with Gasteiger partial charge in [-0.15, -0.1) is 0 Å². The van der Waals surface area contributed by atoms with Crippen LogP contribution in [0, 0.1) is 0 Å². The first-order chi connectivity index (χ1) is 24.3. The van der Waals surface area contributed by atoms with Crippen molar-refractivity contribution >= 4 is 54.3 Å². The number of hydrogen-bond donors (Lipinski definition) is 0. The van der Waals surface area contributed by atoms with E-state index in [0.29, 0.717) is 17.5 Å². The minimum Gasteiger partial charge on any atom is -0.456 e. The van der Waals surface area contributed by atoms with Gasteiger partial charge in [-0.2, -0.15) is 0 Å². The maximum Gasteiger partial charge on any atom is 0.164 e. The van der Waals surface area contributed by atoms with Crippen molar-refractivity contribution in [3.05, 3.63) is 152 Å². The molecular formula is C45H25N3O. The molecule has 0 N–H and O–H groups in total. The van der Waals surface area contributed by atoms with E-state index in [4.69, 9.17) is 19.4 Å². The lowest BCUT2D eigenvalue weighted by molar-refractivity contribution is 0.669. The van der Waals surface area contributed by atoms with Crippen LogP contribution in [0.15, 0.2) is 156 Å². The summed E-state index contributed by atoms with van der Waals surface area (Å²) in [5.74, 6) is 1.88. The van der Waals surface area contributed by atoms with Crippen LogP contribution in [-0.4, -0.2) is 15.0 Å². The number of nitrogens with zero attached hydrogens (tertiary/aromatic N) is 3. The highest BCUT2D eigenvalue weighted by Crippen LogP contribution is 2.50. The summed E-state index contributed by atoms with van der Waals surface area (Å²) in [6, 6.07) is 53.2. The Morgan fingerprint density at radius 1 is 0.327 bits per heavy atom. The summed E-state index contributed by atoms with van der Waals surface area (Å²) in [5, 5.41) is 9.23. The second kappa shape index (κ2) is 9.93. The molecule has 0 unspecified atom stereocenters. The summed E-state index contributed by atoms with van der Waals surface area (Å²) in [4.78, 5) is 15.5. The Hall–Kier alpha value is -6.65. The van der Waals surface area contributed by atoms with Crippen molar-refractivity contribution in [2.45, 2.75) is 0 Å². The molecule has 0 amide bonds. The molecule has 2 heterocycles. The molecule has 2 aromatic heterocycles. The molecule has 0 radical (unpaired) electrons. The topological polar surface area (TPSA) is 51.8 Å². The molecule has 0 saturated carbocycles. The van der Waals surface area contributed by atoms with E-state index in [1.165, 1.54) is 43.8 Å². The first kappa shape index (κ1) is 26.4. The van der Waals surface area contributed by atoms with E-state index in [9.17, 15) is 0 Å². The van der Waals surface area contributed by atoms with Gasteiger partial charge in [-0.3, -0.25) is 0 Å². The monoisotopic (exact) mass is 623 g/mol. The van der Waals surface area contributed by atoms with Crippen molar-refractivity contribution in [2.75, 3.05) is 0 Å². The van der Waals surface area contributed by atoms with Crippen LogP contribution in [0.4, 0.5) is 0 Å². The highest BCUT2D eigenvalue weighted by atomic mass is 16.3. The lowest BCUT2D eigenvalue weighted by Gasteiger charge is -2.12. The van der Waals surface area contributed by atoms with Gasteiger partial charge in [0.25, 0.3) is 0 Å². The first-order valence-corrected chi connectivity index (χ1v) is 16.5. The molecule has 11 rings (SSSR count). The lowest BCUT2D eigenvalue weighted by atomic mass is 9.96. The molecule has 0 spiro atoms. The number of fused-ring (bicyclic) bond motifs is 9. The van der Waals surface area contributed by atoms with Gasteiger partial charge in [0, 0.05) is 27.5 Å². The molecule has 0 aliphatic heterocycles. The molecule has 0 saturated heterocycles. The molecule has 0 atom stereocenters. The Balaban J connectivity index is 1.20. The number of furan rings is 1. The van der Waals surface area contributed by atoms with E-state index in [1.807, 2.05) is 30.3 Å². The molecule has 10 aromatic rings. The summed E-state index contributed by atoms with van der Waals surface area (Å²) in [6.45, 7) is 0. The average molecular weight is 624 g/mol. The van der Waals surface area contributed by atoms with Gasteiger partial charge < -0.3 is 4.42 Å². The summed E-state index contributed by atoms with van der Waals surface area (Å²) < 4.78 is 6.60. The van der Waals surface area contributed by atoms with Crippen molar-refractivity contribution in [2.24, 2.45) is 0 Å². The van der Waals surface area contributed by atoms with Crippen LogP contribution in [0.5, 0.6) is 0 Å². The van der Waals surface area contributed by atoms with Gasteiger partial charge in [0.2, 0.25) is 0 Å². The molecule has 0 bridgehead atoms. The molecule has 4 heteroatoms. The van der Waals surface area contributed by atoms with Crippen LogP contribution < -0.4 is 0 Å². The van der Waals surface area contributed by atoms with E-state index in [0.717, 1.165) is 49.4 Å². The maximum atomic E-state index is 6.60. The Morgan fingerprint density at radius 3 is 1.76 bits per heavy atom. The second-order valence-corrected chi connectivity index (χ2v) is 12.7. The summed E-state index contributed by atoms with van der Waals surface area (Å²) in [6.07, 6.45) is 0. The fraction of sp³-hybridized carbons (Fsp3) is 0. The Labute approximate surface area is 281 Å². The van der Waals surface area contributed by atoms with Gasteiger partial charge >= 0.3 is 0 Å². The summed E-state index contributed by atoms with van der Waals surface area (Å²) in [7, 11) is 0. The second-order valence-electron chi connectivity index (χ2n) is 12.7. The van der Waals surface area contributed by atoms with E-state index < -0.39 is 0 Å². The zero-order chi connectivity index (χ0) is 32.1. The van der Waals surface area contributed by atoms with E-state index in [1.54, 1.807) is 0 Å². The molecule has 0 fully saturated rings. The van der Waals surface area contributed by atoms with Crippen LogP contribution in [0.1, 0.15) is 0 Å². The molecule has 1 aliphatic rings. The standard InChI is InChI=1S/C45H25N3O/c1-2-11-27(12-3-1)43-46-44(48-45(47-43)37-23-28-13-4-5-16-29(28)30-17-6-7-18-31(30)37)34-21-10-22-39-42(34)38-24-35-32-19-8-14-26-15-9-20-33(41(26)32)36(35)25-40(38)49-39/h1-25H. The average Bonchev–Trinajstić information content (AvgIpc) is 3.69. The fourth-order valence-corrected chi connectivity index (χ4v) is 7.87. The van der Waals surface area contributed by atoms with Gasteiger partial charge in [-0.25, -0.2) is 15.0 Å². The molecular weight excluding hydrogens is 599 g/mol. The maximum absolute atomic E-state index is 6.60. The molecule has 4 nitrogen and oxygen atoms in total. The minimum atomic E-state index is 0.611. The zero-order valence-corrected chi connectivity index (χ0v) is 26.2. The predicted octanol–water partition coefficient (Wildman–Crippen LogP) is 11.9. The Kier molecular flexibility index (Phi) is 5.35. The molecule has 49 heavy (non-hydrogen) atoms. The van der Waals surface area contributed by atoms with Crippen molar-refractivity contribution in [3.8, 4) is 56.4 Å². The van der Waals surface area contributed by atoms with E-state index in [2.05, 4.69) is 121 Å². The normalized spacial score (nSPS) is 12.1. The van der Waals surface area contributed by atoms with Gasteiger partial charge in [-0.1, -0.05) is 127 Å². The van der Waals surface area contributed by atoms with Crippen molar-refractivity contribution < 1.29 is 4.42 Å². The molecule has 1 aliphatic carbocycles. The van der Waals surface area contributed by atoms with Crippen LogP contribution >= 0.6 is 0 Å². The summed E-state index contributed by atoms with van der Waals surface area (Å²) >= 11 is 0. The fourth-order valence-electron chi connectivity index (χ4n) is 7.87. The number of rotatable bonds is 3. The van der Waals surface area contributed by atoms with Crippen LogP contribution in [0.25, 0.3) is 111 Å². The van der Waals surface area contributed by atoms with Crippen LogP contribution in [0.2, 0.25) is 0 Å². The zero-order valence-electron chi connectivity index (χ0n) is 26.2. The third-order valence-electron chi connectivity index (χ3n) is 10.0. The van der Waals surface area contributed by atoms with E-state index >= 15 is 0 Å². The Bertz CT molecular complexity index is 2990. The van der Waals surface area contributed by atoms with Crippen molar-refractivity contribution in [1.82, 2.24) is 15.0 Å². The summed E-state index contributed by atoms with van der Waals surface area (Å²) in [5.41, 5.74) is 9.42. The van der Waals surface area contributed by atoms with Gasteiger partial charge in [0.1, 0.15) is 11.2 Å². The van der Waals surface area contributed by atoms with Crippen molar-refractivity contribution in [1.29, 1.82) is 0 Å². The quantitative estimate of drug-likeness (QED) is 0.184. The van der Waals surface area contributed by atoms with Gasteiger partial charge in [0.15, 0.2) is 17.5 Å². The molecule has 8 aromatic carbocycles. The third kappa shape index (κ3) is 3.83.